The summed E-state index contributed by atoms with van der Waals surface area (Å²) in [4.78, 5) is 51.2. The summed E-state index contributed by atoms with van der Waals surface area (Å²) in [6.45, 7) is 1.36. The summed E-state index contributed by atoms with van der Waals surface area (Å²) >= 11 is 4.81. The number of anilines is 2. The number of carbonyl (C=O) groups excluding carboxylic acids is 3. The zero-order chi connectivity index (χ0) is 22.9. The van der Waals surface area contributed by atoms with Crippen molar-refractivity contribution < 1.29 is 14.4 Å². The molecule has 0 aliphatic carbocycles. The fourth-order valence-electron chi connectivity index (χ4n) is 4.12. The lowest BCUT2D eigenvalue weighted by Crippen LogP contribution is -2.40. The molecule has 5 rings (SSSR count). The van der Waals surface area contributed by atoms with Gasteiger partial charge in [-0.3, -0.25) is 24.7 Å². The molecule has 1 aromatic carbocycles. The van der Waals surface area contributed by atoms with Crippen molar-refractivity contribution >= 4 is 55.8 Å². The third kappa shape index (κ3) is 4.53. The van der Waals surface area contributed by atoms with Crippen LogP contribution in [0.25, 0.3) is 0 Å². The number of carbonyl (C=O) groups is 3. The van der Waals surface area contributed by atoms with Crippen LogP contribution >= 0.6 is 27.3 Å². The Bertz CT molecular complexity index is 1230. The maximum atomic E-state index is 13.2. The molecule has 1 N–H and O–H groups in total. The molecule has 1 saturated heterocycles. The number of nitrogens with zero attached hydrogens (tertiary/aromatic N) is 4. The molecule has 3 aromatic rings. The van der Waals surface area contributed by atoms with Gasteiger partial charge in [0.05, 0.1) is 18.2 Å². The zero-order valence-electron chi connectivity index (χ0n) is 17.5. The number of hydrogen-bond acceptors (Lipinski definition) is 6. The highest BCUT2D eigenvalue weighted by Crippen LogP contribution is 2.32. The van der Waals surface area contributed by atoms with Crippen molar-refractivity contribution in [2.24, 2.45) is 5.92 Å². The Morgan fingerprint density at radius 3 is 2.85 bits per heavy atom. The summed E-state index contributed by atoms with van der Waals surface area (Å²) in [5.41, 5.74) is 2.02. The Labute approximate surface area is 202 Å². The molecule has 2 aliphatic rings. The first kappa shape index (κ1) is 21.7. The zero-order valence-corrected chi connectivity index (χ0v) is 19.9. The van der Waals surface area contributed by atoms with Crippen molar-refractivity contribution in [2.45, 2.75) is 19.4 Å². The largest absolute Gasteiger partial charge is 0.337 e. The molecule has 1 fully saturated rings. The second-order valence-corrected chi connectivity index (χ2v) is 9.95. The maximum Gasteiger partial charge on any atom is 0.276 e. The summed E-state index contributed by atoms with van der Waals surface area (Å²) in [5.74, 6) is -0.735. The predicted octanol–water partition coefficient (Wildman–Crippen LogP) is 3.49. The van der Waals surface area contributed by atoms with Gasteiger partial charge in [0.2, 0.25) is 11.8 Å². The predicted molar refractivity (Wildman–Crippen MR) is 128 cm³/mol. The van der Waals surface area contributed by atoms with Crippen LogP contribution in [0.2, 0.25) is 0 Å². The molecule has 4 heterocycles. The van der Waals surface area contributed by atoms with Crippen molar-refractivity contribution in [3.05, 3.63) is 69.4 Å². The third-order valence-electron chi connectivity index (χ3n) is 5.76. The number of pyridine rings is 1. The monoisotopic (exact) mass is 525 g/mol. The number of halogens is 1. The van der Waals surface area contributed by atoms with E-state index in [2.05, 4.69) is 31.2 Å². The van der Waals surface area contributed by atoms with Gasteiger partial charge in [0, 0.05) is 47.2 Å². The first-order valence-electron chi connectivity index (χ1n) is 10.5. The quantitative estimate of drug-likeness (QED) is 0.562. The first-order valence-corrected chi connectivity index (χ1v) is 12.1. The molecule has 2 aliphatic heterocycles. The molecule has 8 nitrogen and oxygen atoms in total. The van der Waals surface area contributed by atoms with E-state index in [9.17, 15) is 14.4 Å². The average molecular weight is 526 g/mol. The van der Waals surface area contributed by atoms with Crippen LogP contribution in [0.3, 0.4) is 0 Å². The molecule has 0 spiro atoms. The highest BCUT2D eigenvalue weighted by molar-refractivity contribution is 9.10. The number of aromatic nitrogens is 2. The molecular weight excluding hydrogens is 506 g/mol. The smallest absolute Gasteiger partial charge is 0.276 e. The van der Waals surface area contributed by atoms with E-state index in [0.717, 1.165) is 20.7 Å². The topological polar surface area (TPSA) is 95.5 Å². The van der Waals surface area contributed by atoms with E-state index < -0.39 is 0 Å². The summed E-state index contributed by atoms with van der Waals surface area (Å²) in [6, 6.07) is 12.7. The molecule has 2 aromatic heterocycles. The number of nitrogens with one attached hydrogen (secondary N) is 1. The van der Waals surface area contributed by atoms with Crippen LogP contribution < -0.4 is 10.2 Å². The van der Waals surface area contributed by atoms with Gasteiger partial charge in [-0.25, -0.2) is 4.98 Å². The van der Waals surface area contributed by atoms with Crippen LogP contribution in [0, 0.1) is 5.92 Å². The Balaban J connectivity index is 1.24. The minimum absolute atomic E-state index is 0.0148. The minimum atomic E-state index is -0.366. The second-order valence-electron chi connectivity index (χ2n) is 7.95. The first-order chi connectivity index (χ1) is 16.0. The number of benzene rings is 1. The number of rotatable bonds is 4. The van der Waals surface area contributed by atoms with E-state index in [0.29, 0.717) is 36.9 Å². The number of thiazole rings is 1. The Morgan fingerprint density at radius 2 is 2.06 bits per heavy atom. The van der Waals surface area contributed by atoms with Crippen molar-refractivity contribution in [2.75, 3.05) is 23.3 Å². The van der Waals surface area contributed by atoms with Crippen LogP contribution in [0.1, 0.15) is 27.5 Å². The van der Waals surface area contributed by atoms with E-state index >= 15 is 0 Å². The summed E-state index contributed by atoms with van der Waals surface area (Å²) in [7, 11) is 0. The van der Waals surface area contributed by atoms with Gasteiger partial charge in [-0.1, -0.05) is 39.4 Å². The summed E-state index contributed by atoms with van der Waals surface area (Å²) in [5, 5.41) is 3.30. The maximum absolute atomic E-state index is 13.2. The van der Waals surface area contributed by atoms with Gasteiger partial charge < -0.3 is 9.80 Å². The molecule has 0 saturated carbocycles. The lowest BCUT2D eigenvalue weighted by Gasteiger charge is -2.28. The van der Waals surface area contributed by atoms with E-state index in [1.807, 2.05) is 24.3 Å². The second kappa shape index (κ2) is 9.03. The van der Waals surface area contributed by atoms with Crippen LogP contribution in [0.15, 0.2) is 53.1 Å². The van der Waals surface area contributed by atoms with Gasteiger partial charge in [0.15, 0.2) is 5.13 Å². The van der Waals surface area contributed by atoms with E-state index in [1.165, 1.54) is 11.3 Å². The molecular formula is C23H20BrN5O3S. The standard InChI is InChI=1S/C23H20BrN5O3S/c24-15-4-3-5-16(11-15)29-12-14(10-20(29)30)22(32)28-9-7-17-19(13-28)33-23(26-17)27-21(31)18-6-1-2-8-25-18/h1-6,8,11,14H,7,9-10,12-13H2,(H,26,27,31). The highest BCUT2D eigenvalue weighted by atomic mass is 79.9. The van der Waals surface area contributed by atoms with Gasteiger partial charge in [-0.15, -0.1) is 0 Å². The molecule has 0 bridgehead atoms. The lowest BCUT2D eigenvalue weighted by molar-refractivity contribution is -0.136. The highest BCUT2D eigenvalue weighted by Gasteiger charge is 2.38. The van der Waals surface area contributed by atoms with Crippen molar-refractivity contribution in [1.82, 2.24) is 14.9 Å². The molecule has 1 atom stereocenters. The van der Waals surface area contributed by atoms with Crippen molar-refractivity contribution in [3.8, 4) is 0 Å². The normalized spacial score (nSPS) is 17.7. The lowest BCUT2D eigenvalue weighted by atomic mass is 10.1. The number of hydrogen-bond donors (Lipinski definition) is 1. The SMILES string of the molecule is O=C(Nc1nc2c(s1)CN(C(=O)C1CC(=O)N(c3cccc(Br)c3)C1)CC2)c1ccccn1. The number of fused-ring (bicyclic) bond motifs is 1. The van der Waals surface area contributed by atoms with Crippen molar-refractivity contribution in [1.29, 1.82) is 0 Å². The van der Waals surface area contributed by atoms with E-state index in [-0.39, 0.29) is 30.1 Å². The van der Waals surface area contributed by atoms with Gasteiger partial charge in [-0.05, 0) is 30.3 Å². The molecule has 33 heavy (non-hydrogen) atoms. The molecule has 1 unspecified atom stereocenters. The van der Waals surface area contributed by atoms with Gasteiger partial charge in [0.1, 0.15) is 5.69 Å². The van der Waals surface area contributed by atoms with Crippen LogP contribution in [-0.4, -0.2) is 45.7 Å². The van der Waals surface area contributed by atoms with Gasteiger partial charge in [0.25, 0.3) is 5.91 Å². The Morgan fingerprint density at radius 1 is 1.18 bits per heavy atom. The Kier molecular flexibility index (Phi) is 5.94. The van der Waals surface area contributed by atoms with Crippen LogP contribution in [0.5, 0.6) is 0 Å². The molecule has 168 valence electrons. The fraction of sp³-hybridized carbons (Fsp3) is 0.261. The molecule has 3 amide bonds. The van der Waals surface area contributed by atoms with Crippen LogP contribution in [-0.2, 0) is 22.6 Å². The van der Waals surface area contributed by atoms with E-state index in [1.54, 1.807) is 34.2 Å². The van der Waals surface area contributed by atoms with Crippen LogP contribution in [0.4, 0.5) is 10.8 Å². The summed E-state index contributed by atoms with van der Waals surface area (Å²) < 4.78 is 0.891. The minimum Gasteiger partial charge on any atom is -0.337 e. The molecule has 10 heteroatoms. The number of amides is 3. The third-order valence-corrected chi connectivity index (χ3v) is 7.25. The average Bonchev–Trinajstić information content (AvgIpc) is 3.41. The fourth-order valence-corrected chi connectivity index (χ4v) is 5.53. The summed E-state index contributed by atoms with van der Waals surface area (Å²) in [6.07, 6.45) is 2.40. The van der Waals surface area contributed by atoms with E-state index in [4.69, 9.17) is 0 Å². The van der Waals surface area contributed by atoms with Gasteiger partial charge in [-0.2, -0.15) is 0 Å². The van der Waals surface area contributed by atoms with Crippen molar-refractivity contribution in [3.63, 3.8) is 0 Å². The molecule has 0 radical (unpaired) electrons. The van der Waals surface area contributed by atoms with Gasteiger partial charge >= 0.3 is 0 Å². The Hall–Kier alpha value is -3.11.